The van der Waals surface area contributed by atoms with Crippen molar-refractivity contribution in [3.8, 4) is 11.4 Å². The molecule has 0 N–H and O–H groups in total. The molecule has 2 aromatic rings. The van der Waals surface area contributed by atoms with Crippen LogP contribution in [0.15, 0.2) is 30.7 Å². The summed E-state index contributed by atoms with van der Waals surface area (Å²) < 4.78 is 0. The van der Waals surface area contributed by atoms with E-state index in [0.29, 0.717) is 0 Å². The minimum atomic E-state index is 0.754. The van der Waals surface area contributed by atoms with Gasteiger partial charge in [-0.3, -0.25) is 9.88 Å². The van der Waals surface area contributed by atoms with Gasteiger partial charge < -0.3 is 0 Å². The van der Waals surface area contributed by atoms with Crippen LogP contribution >= 0.6 is 0 Å². The lowest BCUT2D eigenvalue weighted by molar-refractivity contribution is 0.235. The van der Waals surface area contributed by atoms with Gasteiger partial charge in [0.2, 0.25) is 0 Å². The molecule has 0 fully saturated rings. The topological polar surface area (TPSA) is 41.9 Å². The van der Waals surface area contributed by atoms with Crippen LogP contribution in [0.1, 0.15) is 31.5 Å². The maximum atomic E-state index is 4.78. The normalized spacial score (nSPS) is 15.2. The van der Waals surface area contributed by atoms with E-state index in [1.54, 1.807) is 12.4 Å². The SMILES string of the molecule is CC(C)CCN1CCc2cnc(-c3ccncc3)nc2C1. The van der Waals surface area contributed by atoms with E-state index in [2.05, 4.69) is 28.7 Å². The summed E-state index contributed by atoms with van der Waals surface area (Å²) in [7, 11) is 0. The van der Waals surface area contributed by atoms with Crippen LogP contribution in [0.3, 0.4) is 0 Å². The van der Waals surface area contributed by atoms with Crippen molar-refractivity contribution in [3.63, 3.8) is 0 Å². The Bertz CT molecular complexity index is 595. The van der Waals surface area contributed by atoms with Crippen molar-refractivity contribution < 1.29 is 0 Å². The second-order valence-corrected chi connectivity index (χ2v) is 6.11. The first kappa shape index (κ1) is 14.1. The first-order chi connectivity index (χ1) is 10.2. The third kappa shape index (κ3) is 3.45. The molecule has 3 rings (SSSR count). The van der Waals surface area contributed by atoms with Crippen molar-refractivity contribution >= 4 is 0 Å². The molecule has 4 heteroatoms. The second-order valence-electron chi connectivity index (χ2n) is 6.11. The average molecular weight is 282 g/mol. The van der Waals surface area contributed by atoms with E-state index in [9.17, 15) is 0 Å². The molecule has 0 radical (unpaired) electrons. The number of hydrogen-bond acceptors (Lipinski definition) is 4. The molecule has 4 nitrogen and oxygen atoms in total. The molecule has 0 unspecified atom stereocenters. The molecule has 0 amide bonds. The van der Waals surface area contributed by atoms with Crippen LogP contribution in [-0.4, -0.2) is 32.9 Å². The molecule has 0 saturated heterocycles. The molecule has 110 valence electrons. The van der Waals surface area contributed by atoms with Crippen LogP contribution in [0.25, 0.3) is 11.4 Å². The lowest BCUT2D eigenvalue weighted by Gasteiger charge is -2.28. The lowest BCUT2D eigenvalue weighted by Crippen LogP contribution is -2.32. The molecule has 3 heterocycles. The van der Waals surface area contributed by atoms with Gasteiger partial charge in [-0.1, -0.05) is 13.8 Å². The largest absolute Gasteiger partial charge is 0.297 e. The van der Waals surface area contributed by atoms with Gasteiger partial charge in [-0.05, 0) is 43.0 Å². The highest BCUT2D eigenvalue weighted by Gasteiger charge is 2.18. The van der Waals surface area contributed by atoms with Crippen LogP contribution in [0.5, 0.6) is 0 Å². The van der Waals surface area contributed by atoms with Crippen molar-refractivity contribution in [2.45, 2.75) is 33.2 Å². The molecular weight excluding hydrogens is 260 g/mol. The Balaban J connectivity index is 1.77. The van der Waals surface area contributed by atoms with Gasteiger partial charge >= 0.3 is 0 Å². The minimum absolute atomic E-state index is 0.754. The number of pyridine rings is 1. The van der Waals surface area contributed by atoms with Gasteiger partial charge in [0, 0.05) is 37.2 Å². The highest BCUT2D eigenvalue weighted by Crippen LogP contribution is 2.21. The van der Waals surface area contributed by atoms with E-state index < -0.39 is 0 Å². The van der Waals surface area contributed by atoms with E-state index in [1.807, 2.05) is 18.3 Å². The Labute approximate surface area is 126 Å². The molecule has 1 aliphatic heterocycles. The highest BCUT2D eigenvalue weighted by atomic mass is 15.1. The summed E-state index contributed by atoms with van der Waals surface area (Å²) in [6.45, 7) is 7.79. The monoisotopic (exact) mass is 282 g/mol. The van der Waals surface area contributed by atoms with Gasteiger partial charge in [0.15, 0.2) is 5.82 Å². The zero-order chi connectivity index (χ0) is 14.7. The van der Waals surface area contributed by atoms with Crippen molar-refractivity contribution in [2.75, 3.05) is 13.1 Å². The summed E-state index contributed by atoms with van der Waals surface area (Å²) in [5.41, 5.74) is 3.52. The highest BCUT2D eigenvalue weighted by molar-refractivity contribution is 5.53. The van der Waals surface area contributed by atoms with Crippen molar-refractivity contribution in [3.05, 3.63) is 42.0 Å². The van der Waals surface area contributed by atoms with Gasteiger partial charge in [-0.15, -0.1) is 0 Å². The lowest BCUT2D eigenvalue weighted by atomic mass is 10.0. The van der Waals surface area contributed by atoms with Crippen LogP contribution < -0.4 is 0 Å². The number of nitrogens with zero attached hydrogens (tertiary/aromatic N) is 4. The zero-order valence-corrected chi connectivity index (χ0v) is 12.8. The third-order valence-electron chi connectivity index (χ3n) is 3.99. The van der Waals surface area contributed by atoms with Gasteiger partial charge in [0.05, 0.1) is 5.69 Å². The fourth-order valence-corrected chi connectivity index (χ4v) is 2.63. The molecule has 0 atom stereocenters. The molecule has 0 bridgehead atoms. The molecule has 21 heavy (non-hydrogen) atoms. The molecule has 2 aromatic heterocycles. The van der Waals surface area contributed by atoms with Crippen LogP contribution in [-0.2, 0) is 13.0 Å². The fraction of sp³-hybridized carbons (Fsp3) is 0.471. The molecule has 0 saturated carbocycles. The van der Waals surface area contributed by atoms with E-state index in [1.165, 1.54) is 17.7 Å². The molecule has 1 aliphatic rings. The Morgan fingerprint density at radius 3 is 2.81 bits per heavy atom. The molecule has 0 spiro atoms. The van der Waals surface area contributed by atoms with Crippen LogP contribution in [0.2, 0.25) is 0 Å². The summed E-state index contributed by atoms with van der Waals surface area (Å²) in [6.07, 6.45) is 7.87. The van der Waals surface area contributed by atoms with Gasteiger partial charge in [-0.2, -0.15) is 0 Å². The minimum Gasteiger partial charge on any atom is -0.297 e. The number of rotatable bonds is 4. The predicted molar refractivity (Wildman–Crippen MR) is 83.7 cm³/mol. The third-order valence-corrected chi connectivity index (χ3v) is 3.99. The first-order valence-electron chi connectivity index (χ1n) is 7.70. The predicted octanol–water partition coefficient (Wildman–Crippen LogP) is 2.94. The first-order valence-corrected chi connectivity index (χ1v) is 7.70. The Morgan fingerprint density at radius 1 is 1.24 bits per heavy atom. The molecule has 0 aromatic carbocycles. The van der Waals surface area contributed by atoms with Crippen molar-refractivity contribution in [1.29, 1.82) is 0 Å². The van der Waals surface area contributed by atoms with E-state index in [0.717, 1.165) is 43.4 Å². The number of fused-ring (bicyclic) bond motifs is 1. The van der Waals surface area contributed by atoms with E-state index in [-0.39, 0.29) is 0 Å². The summed E-state index contributed by atoms with van der Waals surface area (Å²) in [4.78, 5) is 15.8. The molecular formula is C17H22N4. The van der Waals surface area contributed by atoms with Crippen molar-refractivity contribution in [1.82, 2.24) is 19.9 Å². The van der Waals surface area contributed by atoms with Crippen molar-refractivity contribution in [2.24, 2.45) is 5.92 Å². The van der Waals surface area contributed by atoms with E-state index >= 15 is 0 Å². The van der Waals surface area contributed by atoms with Crippen LogP contribution in [0, 0.1) is 5.92 Å². The average Bonchev–Trinajstić information content (AvgIpc) is 2.53. The maximum Gasteiger partial charge on any atom is 0.159 e. The smallest absolute Gasteiger partial charge is 0.159 e. The Kier molecular flexibility index (Phi) is 4.25. The van der Waals surface area contributed by atoms with Gasteiger partial charge in [0.25, 0.3) is 0 Å². The summed E-state index contributed by atoms with van der Waals surface area (Å²) >= 11 is 0. The maximum absolute atomic E-state index is 4.78. The summed E-state index contributed by atoms with van der Waals surface area (Å²) in [5.74, 6) is 1.56. The quantitative estimate of drug-likeness (QED) is 0.864. The Morgan fingerprint density at radius 2 is 2.05 bits per heavy atom. The fourth-order valence-electron chi connectivity index (χ4n) is 2.63. The Hall–Kier alpha value is -1.81. The second kappa shape index (κ2) is 6.31. The summed E-state index contributed by atoms with van der Waals surface area (Å²) in [5, 5.41) is 0. The summed E-state index contributed by atoms with van der Waals surface area (Å²) in [6, 6.07) is 3.92. The number of aromatic nitrogens is 3. The van der Waals surface area contributed by atoms with Gasteiger partial charge in [0.1, 0.15) is 0 Å². The van der Waals surface area contributed by atoms with Gasteiger partial charge in [-0.25, -0.2) is 9.97 Å². The molecule has 0 aliphatic carbocycles. The number of hydrogen-bond donors (Lipinski definition) is 0. The standard InChI is InChI=1S/C17H22N4/c1-13(2)5-9-21-10-6-15-11-19-17(20-16(15)12-21)14-3-7-18-8-4-14/h3-4,7-8,11,13H,5-6,9-10,12H2,1-2H3. The van der Waals surface area contributed by atoms with Crippen LogP contribution in [0.4, 0.5) is 0 Å². The zero-order valence-electron chi connectivity index (χ0n) is 12.8. The van der Waals surface area contributed by atoms with E-state index in [4.69, 9.17) is 4.98 Å².